The quantitative estimate of drug-likeness (QED) is 0.202. The number of carbonyl (C=O) groups is 2. The lowest BCUT2D eigenvalue weighted by Crippen LogP contribution is -2.49. The molecule has 3 atom stereocenters. The molecule has 2 unspecified atom stereocenters. The number of nitrogens with one attached hydrogen (secondary N) is 3. The number of hydrogen-bond donors (Lipinski definition) is 4. The third-order valence-corrected chi connectivity index (χ3v) is 7.88. The van der Waals surface area contributed by atoms with Crippen molar-refractivity contribution in [2.24, 2.45) is 5.41 Å². The van der Waals surface area contributed by atoms with Gasteiger partial charge in [-0.15, -0.1) is 0 Å². The topological polar surface area (TPSA) is 135 Å². The van der Waals surface area contributed by atoms with Crippen molar-refractivity contribution in [1.82, 2.24) is 15.3 Å². The largest absolute Gasteiger partial charge is 0.494 e. The van der Waals surface area contributed by atoms with E-state index in [-0.39, 0.29) is 40.9 Å². The van der Waals surface area contributed by atoms with Gasteiger partial charge in [-0.2, -0.15) is 0 Å². The van der Waals surface area contributed by atoms with E-state index in [1.54, 1.807) is 36.5 Å². The minimum atomic E-state index is -1.04. The monoisotopic (exact) mass is 633 g/mol. The molecular formula is C30H34Cl2FN5O5. The van der Waals surface area contributed by atoms with Gasteiger partial charge in [-0.3, -0.25) is 9.59 Å². The van der Waals surface area contributed by atoms with E-state index in [4.69, 9.17) is 37.8 Å². The fourth-order valence-corrected chi connectivity index (χ4v) is 6.02. The second-order valence-corrected chi connectivity index (χ2v) is 12.1. The molecule has 1 fully saturated rings. The van der Waals surface area contributed by atoms with Crippen LogP contribution in [-0.2, 0) is 15.0 Å². The van der Waals surface area contributed by atoms with E-state index in [0.29, 0.717) is 53.5 Å². The molecule has 230 valence electrons. The van der Waals surface area contributed by atoms with Crippen molar-refractivity contribution in [1.29, 1.82) is 0 Å². The number of rotatable bonds is 8. The molecule has 3 aromatic rings. The summed E-state index contributed by atoms with van der Waals surface area (Å²) in [6.07, 6.45) is 2.87. The van der Waals surface area contributed by atoms with Gasteiger partial charge in [0.25, 0.3) is 0 Å². The number of methoxy groups -OCH3 is 1. The molecule has 2 aliphatic heterocycles. The molecule has 0 radical (unpaired) electrons. The van der Waals surface area contributed by atoms with Crippen LogP contribution in [0, 0.1) is 11.2 Å². The molecule has 13 heteroatoms. The number of aromatic nitrogens is 2. The van der Waals surface area contributed by atoms with Crippen molar-refractivity contribution in [2.75, 3.05) is 37.5 Å². The zero-order valence-corrected chi connectivity index (χ0v) is 25.7. The van der Waals surface area contributed by atoms with Gasteiger partial charge in [-0.1, -0.05) is 44.5 Å². The second kappa shape index (κ2) is 13.4. The summed E-state index contributed by atoms with van der Waals surface area (Å²) in [5.41, 5.74) is 0.533. The van der Waals surface area contributed by atoms with E-state index in [1.807, 2.05) is 0 Å². The number of benzene rings is 2. The second-order valence-electron chi connectivity index (χ2n) is 11.3. The van der Waals surface area contributed by atoms with Crippen molar-refractivity contribution in [2.45, 2.75) is 44.6 Å². The molecule has 2 amide bonds. The Balaban J connectivity index is 0.000000239. The molecule has 2 aliphatic rings. The summed E-state index contributed by atoms with van der Waals surface area (Å²) in [4.78, 5) is 32.0. The summed E-state index contributed by atoms with van der Waals surface area (Å²) in [6.45, 7) is 6.96. The maximum Gasteiger partial charge on any atom is 0.238 e. The van der Waals surface area contributed by atoms with Crippen molar-refractivity contribution in [3.8, 4) is 11.5 Å². The number of aliphatic hydroxyl groups excluding tert-OH is 1. The van der Waals surface area contributed by atoms with Gasteiger partial charge in [-0.25, -0.2) is 14.4 Å². The van der Waals surface area contributed by atoms with Crippen molar-refractivity contribution < 1.29 is 28.6 Å². The van der Waals surface area contributed by atoms with Crippen molar-refractivity contribution in [3.05, 3.63) is 69.8 Å². The highest BCUT2D eigenvalue weighted by atomic mass is 35.5. The van der Waals surface area contributed by atoms with E-state index < -0.39 is 17.2 Å². The maximum absolute atomic E-state index is 15.0. The van der Waals surface area contributed by atoms with E-state index in [1.165, 1.54) is 13.2 Å². The van der Waals surface area contributed by atoms with Gasteiger partial charge in [0, 0.05) is 36.3 Å². The number of nitrogens with zero attached hydrogens (tertiary/aromatic N) is 2. The van der Waals surface area contributed by atoms with Gasteiger partial charge >= 0.3 is 0 Å². The standard InChI is InChI=1S/C20H21Cl2FN4O.C10H13NO4/c1-19(2,3)7-14-20(12-9-25-18(22)27-16(12)26-17(20)28)11(8-24-14)10-5-4-6-13(21)15(10)23;1-14-10-6-8(15-5-4-12)2-3-9(10)11-7-13/h4-6,9,11,14,24H,7-8H2,1-3H3,(H,25,26,27,28);2-3,6-7,12H,4-5H2,1H3,(H,11,13)/t11?,14?,20-;/m1./s1. The Morgan fingerprint density at radius 2 is 2.02 bits per heavy atom. The van der Waals surface area contributed by atoms with Crippen LogP contribution in [0.1, 0.15) is 44.2 Å². The van der Waals surface area contributed by atoms with Gasteiger partial charge < -0.3 is 30.5 Å². The van der Waals surface area contributed by atoms with Crippen LogP contribution in [0.2, 0.25) is 10.3 Å². The number of ether oxygens (including phenoxy) is 2. The van der Waals surface area contributed by atoms with Crippen LogP contribution in [-0.4, -0.2) is 60.3 Å². The third-order valence-electron chi connectivity index (χ3n) is 7.40. The van der Waals surface area contributed by atoms with Crippen LogP contribution in [0.5, 0.6) is 11.5 Å². The number of amides is 2. The number of fused-ring (bicyclic) bond motifs is 2. The number of anilines is 2. The van der Waals surface area contributed by atoms with Crippen LogP contribution < -0.4 is 25.4 Å². The van der Waals surface area contributed by atoms with Gasteiger partial charge in [-0.05, 0) is 47.2 Å². The zero-order chi connectivity index (χ0) is 31.4. The Bertz CT molecular complexity index is 1490. The van der Waals surface area contributed by atoms with Gasteiger partial charge in [0.05, 0.1) is 24.4 Å². The Hall–Kier alpha value is -3.51. The minimum absolute atomic E-state index is 0.0397. The zero-order valence-electron chi connectivity index (χ0n) is 24.2. The van der Waals surface area contributed by atoms with Crippen molar-refractivity contribution in [3.63, 3.8) is 0 Å². The van der Waals surface area contributed by atoms with Crippen LogP contribution in [0.4, 0.5) is 15.9 Å². The minimum Gasteiger partial charge on any atom is -0.494 e. The van der Waals surface area contributed by atoms with Gasteiger partial charge in [0.1, 0.15) is 35.2 Å². The molecule has 1 aromatic heterocycles. The smallest absolute Gasteiger partial charge is 0.238 e. The first-order valence-electron chi connectivity index (χ1n) is 13.6. The van der Waals surface area contributed by atoms with E-state index in [9.17, 15) is 14.0 Å². The summed E-state index contributed by atoms with van der Waals surface area (Å²) in [6, 6.07) is 9.68. The molecule has 1 saturated heterocycles. The van der Waals surface area contributed by atoms with Crippen LogP contribution in [0.25, 0.3) is 0 Å². The average molecular weight is 635 g/mol. The summed E-state index contributed by atoms with van der Waals surface area (Å²) < 4.78 is 25.2. The molecule has 5 rings (SSSR count). The number of carbonyl (C=O) groups excluding carboxylic acids is 2. The number of halogens is 3. The first kappa shape index (κ1) is 32.4. The third kappa shape index (κ3) is 6.70. The molecule has 3 heterocycles. The predicted octanol–water partition coefficient (Wildman–Crippen LogP) is 4.94. The Morgan fingerprint density at radius 1 is 1.26 bits per heavy atom. The summed E-state index contributed by atoms with van der Waals surface area (Å²) in [7, 11) is 1.50. The molecule has 2 aromatic carbocycles. The van der Waals surface area contributed by atoms with Crippen LogP contribution >= 0.6 is 23.2 Å². The van der Waals surface area contributed by atoms with Gasteiger partial charge in [0.15, 0.2) is 0 Å². The lowest BCUT2D eigenvalue weighted by Gasteiger charge is -2.37. The van der Waals surface area contributed by atoms with E-state index in [0.717, 1.165) is 0 Å². The fraction of sp³-hybridized carbons (Fsp3) is 0.400. The van der Waals surface area contributed by atoms with Crippen molar-refractivity contribution >= 4 is 47.0 Å². The van der Waals surface area contributed by atoms with E-state index in [2.05, 4.69) is 46.7 Å². The lowest BCUT2D eigenvalue weighted by atomic mass is 9.64. The van der Waals surface area contributed by atoms with Crippen LogP contribution in [0.3, 0.4) is 0 Å². The summed E-state index contributed by atoms with van der Waals surface area (Å²) in [5.74, 6) is 0.310. The molecule has 1 spiro atoms. The number of hydrogen-bond acceptors (Lipinski definition) is 8. The molecule has 4 N–H and O–H groups in total. The average Bonchev–Trinajstić information content (AvgIpc) is 3.46. The Morgan fingerprint density at radius 3 is 2.70 bits per heavy atom. The predicted molar refractivity (Wildman–Crippen MR) is 163 cm³/mol. The highest BCUT2D eigenvalue weighted by Gasteiger charge is 2.62. The highest BCUT2D eigenvalue weighted by Crippen LogP contribution is 2.54. The molecule has 0 aliphatic carbocycles. The fourth-order valence-electron chi connectivity index (χ4n) is 5.71. The Labute approximate surface area is 259 Å². The molecule has 0 bridgehead atoms. The van der Waals surface area contributed by atoms with E-state index >= 15 is 0 Å². The first-order chi connectivity index (χ1) is 20.5. The Kier molecular flexibility index (Phi) is 10.1. The highest BCUT2D eigenvalue weighted by molar-refractivity contribution is 6.30. The van der Waals surface area contributed by atoms with Gasteiger partial charge in [0.2, 0.25) is 17.6 Å². The normalized spacial score (nSPS) is 20.6. The first-order valence-corrected chi connectivity index (χ1v) is 14.4. The molecule has 43 heavy (non-hydrogen) atoms. The lowest BCUT2D eigenvalue weighted by molar-refractivity contribution is -0.122. The molecule has 0 saturated carbocycles. The molecular weight excluding hydrogens is 600 g/mol. The summed E-state index contributed by atoms with van der Waals surface area (Å²) >= 11 is 12.0. The number of aliphatic hydroxyl groups is 1. The summed E-state index contributed by atoms with van der Waals surface area (Å²) in [5, 5.41) is 17.5. The maximum atomic E-state index is 15.0. The SMILES string of the molecule is CC(C)(C)CC1NCC(c2cccc(Cl)c2F)[C@]12C(=O)Nc1nc(Cl)ncc12.COc1cc(OCCO)ccc1NC=O. The van der Waals surface area contributed by atoms with Crippen LogP contribution in [0.15, 0.2) is 42.6 Å². The molecule has 10 nitrogen and oxygen atoms in total.